The van der Waals surface area contributed by atoms with Gasteiger partial charge in [-0.1, -0.05) is 30.3 Å². The summed E-state index contributed by atoms with van der Waals surface area (Å²) in [5.41, 5.74) is 1.59. The quantitative estimate of drug-likeness (QED) is 0.908. The van der Waals surface area contributed by atoms with Crippen LogP contribution in [0.15, 0.2) is 47.1 Å². The summed E-state index contributed by atoms with van der Waals surface area (Å²) in [7, 11) is 1.56. The van der Waals surface area contributed by atoms with Crippen molar-refractivity contribution in [3.05, 3.63) is 48.4 Å². The van der Waals surface area contributed by atoms with Crippen molar-refractivity contribution in [3.63, 3.8) is 0 Å². The Bertz CT molecular complexity index is 603. The maximum Gasteiger partial charge on any atom is 0.305 e. The highest BCUT2D eigenvalue weighted by molar-refractivity contribution is 5.98. The van der Waals surface area contributed by atoms with Crippen LogP contribution in [-0.2, 0) is 4.79 Å². The number of hydrogen-bond acceptors (Lipinski definition) is 3. The number of rotatable bonds is 5. The fraction of sp³-hybridized carbons (Fsp3) is 0.200. The summed E-state index contributed by atoms with van der Waals surface area (Å²) in [5, 5.41) is 8.65. The predicted molar refractivity (Wildman–Crippen MR) is 73.4 cm³/mol. The Balaban J connectivity index is 2.20. The molecule has 0 aliphatic carbocycles. The highest BCUT2D eigenvalue weighted by Crippen LogP contribution is 2.25. The molecule has 1 N–H and O–H groups in total. The van der Waals surface area contributed by atoms with E-state index in [0.29, 0.717) is 5.56 Å². The van der Waals surface area contributed by atoms with Crippen molar-refractivity contribution >= 4 is 11.9 Å². The van der Waals surface area contributed by atoms with Crippen LogP contribution in [0, 0.1) is 0 Å². The van der Waals surface area contributed by atoms with E-state index in [2.05, 4.69) is 0 Å². The van der Waals surface area contributed by atoms with E-state index in [4.69, 9.17) is 9.52 Å². The lowest BCUT2D eigenvalue weighted by Crippen LogP contribution is -2.29. The first-order chi connectivity index (χ1) is 9.59. The fourth-order valence-electron chi connectivity index (χ4n) is 1.86. The summed E-state index contributed by atoms with van der Waals surface area (Å²) in [6, 6.07) is 11.2. The number of carboxylic acids is 1. The van der Waals surface area contributed by atoms with E-state index in [1.54, 1.807) is 13.1 Å². The van der Waals surface area contributed by atoms with Crippen molar-refractivity contribution in [2.75, 3.05) is 13.6 Å². The van der Waals surface area contributed by atoms with Crippen molar-refractivity contribution in [1.29, 1.82) is 0 Å². The van der Waals surface area contributed by atoms with Crippen LogP contribution in [0.3, 0.4) is 0 Å². The highest BCUT2D eigenvalue weighted by Gasteiger charge is 2.20. The zero-order valence-electron chi connectivity index (χ0n) is 11.1. The van der Waals surface area contributed by atoms with Crippen molar-refractivity contribution in [3.8, 4) is 11.1 Å². The van der Waals surface area contributed by atoms with Gasteiger partial charge in [0.05, 0.1) is 12.7 Å². The van der Waals surface area contributed by atoms with Crippen LogP contribution in [0.2, 0.25) is 0 Å². The average Bonchev–Trinajstić information content (AvgIpc) is 2.94. The third kappa shape index (κ3) is 3.06. The number of hydrogen-bond donors (Lipinski definition) is 1. The van der Waals surface area contributed by atoms with E-state index in [1.807, 2.05) is 30.3 Å². The molecule has 0 bridgehead atoms. The van der Waals surface area contributed by atoms with Gasteiger partial charge >= 0.3 is 5.97 Å². The number of benzene rings is 1. The van der Waals surface area contributed by atoms with Crippen LogP contribution in [-0.4, -0.2) is 35.5 Å². The van der Waals surface area contributed by atoms with Gasteiger partial charge in [-0.05, 0) is 11.6 Å². The fourth-order valence-corrected chi connectivity index (χ4v) is 1.86. The van der Waals surface area contributed by atoms with Gasteiger partial charge in [-0.3, -0.25) is 9.59 Å². The topological polar surface area (TPSA) is 70.8 Å². The molecule has 0 unspecified atom stereocenters. The molecule has 5 heteroatoms. The molecule has 0 radical (unpaired) electrons. The number of carbonyl (C=O) groups is 2. The second kappa shape index (κ2) is 6.06. The minimum atomic E-state index is -0.938. The van der Waals surface area contributed by atoms with Crippen LogP contribution >= 0.6 is 0 Å². The molecule has 0 fully saturated rings. The molecule has 0 spiro atoms. The molecule has 1 aromatic carbocycles. The summed E-state index contributed by atoms with van der Waals surface area (Å²) >= 11 is 0. The number of nitrogens with zero attached hydrogens (tertiary/aromatic N) is 1. The van der Waals surface area contributed by atoms with E-state index in [0.717, 1.165) is 5.56 Å². The molecule has 20 heavy (non-hydrogen) atoms. The Hall–Kier alpha value is -2.56. The first kappa shape index (κ1) is 13.9. The van der Waals surface area contributed by atoms with Crippen LogP contribution in [0.1, 0.15) is 17.0 Å². The van der Waals surface area contributed by atoms with Gasteiger partial charge in [0.2, 0.25) is 0 Å². The number of amides is 1. The van der Waals surface area contributed by atoms with Crippen LogP contribution in [0.25, 0.3) is 11.1 Å². The minimum absolute atomic E-state index is 0.0936. The SMILES string of the molecule is CN(CCC(=O)O)C(=O)c1occc1-c1ccccc1. The molecule has 104 valence electrons. The van der Waals surface area contributed by atoms with Crippen molar-refractivity contribution < 1.29 is 19.1 Å². The second-order valence-electron chi connectivity index (χ2n) is 4.40. The largest absolute Gasteiger partial charge is 0.481 e. The molecule has 0 saturated carbocycles. The lowest BCUT2D eigenvalue weighted by molar-refractivity contribution is -0.137. The summed E-state index contributed by atoms with van der Waals surface area (Å²) in [6.45, 7) is 0.142. The molecule has 0 aliphatic heterocycles. The maximum absolute atomic E-state index is 12.3. The average molecular weight is 273 g/mol. The number of aliphatic carboxylic acids is 1. The maximum atomic E-state index is 12.3. The van der Waals surface area contributed by atoms with Gasteiger partial charge in [-0.2, -0.15) is 0 Å². The van der Waals surface area contributed by atoms with Gasteiger partial charge in [0.1, 0.15) is 0 Å². The van der Waals surface area contributed by atoms with E-state index in [9.17, 15) is 9.59 Å². The third-order valence-corrected chi connectivity index (χ3v) is 2.95. The van der Waals surface area contributed by atoms with E-state index >= 15 is 0 Å². The zero-order chi connectivity index (χ0) is 14.5. The minimum Gasteiger partial charge on any atom is -0.481 e. The van der Waals surface area contributed by atoms with Crippen molar-refractivity contribution in [2.24, 2.45) is 0 Å². The molecule has 1 aromatic heterocycles. The van der Waals surface area contributed by atoms with Gasteiger partial charge in [-0.15, -0.1) is 0 Å². The Labute approximate surface area is 116 Å². The number of carbonyl (C=O) groups excluding carboxylic acids is 1. The summed E-state index contributed by atoms with van der Waals surface area (Å²) in [6.07, 6.45) is 1.37. The molecule has 2 aromatic rings. The Kier molecular flexibility index (Phi) is 4.20. The summed E-state index contributed by atoms with van der Waals surface area (Å²) in [4.78, 5) is 24.1. The number of furan rings is 1. The Morgan fingerprint density at radius 3 is 2.55 bits per heavy atom. The highest BCUT2D eigenvalue weighted by atomic mass is 16.4. The Morgan fingerprint density at radius 1 is 1.20 bits per heavy atom. The van der Waals surface area contributed by atoms with E-state index < -0.39 is 5.97 Å². The van der Waals surface area contributed by atoms with E-state index in [1.165, 1.54) is 11.2 Å². The monoisotopic (exact) mass is 273 g/mol. The molecular weight excluding hydrogens is 258 g/mol. The van der Waals surface area contributed by atoms with Crippen molar-refractivity contribution in [1.82, 2.24) is 4.90 Å². The molecule has 0 atom stereocenters. The van der Waals surface area contributed by atoms with Crippen molar-refractivity contribution in [2.45, 2.75) is 6.42 Å². The van der Waals surface area contributed by atoms with Gasteiger partial charge in [-0.25, -0.2) is 0 Å². The molecule has 0 saturated heterocycles. The molecule has 1 heterocycles. The molecule has 0 aliphatic rings. The lowest BCUT2D eigenvalue weighted by Gasteiger charge is -2.15. The van der Waals surface area contributed by atoms with E-state index in [-0.39, 0.29) is 24.6 Å². The molecule has 1 amide bonds. The van der Waals surface area contributed by atoms with Gasteiger partial charge < -0.3 is 14.4 Å². The Morgan fingerprint density at radius 2 is 1.90 bits per heavy atom. The van der Waals surface area contributed by atoms with Crippen LogP contribution < -0.4 is 0 Å². The molecular formula is C15H15NO4. The predicted octanol–water partition coefficient (Wildman–Crippen LogP) is 2.49. The first-order valence-corrected chi connectivity index (χ1v) is 6.19. The first-order valence-electron chi connectivity index (χ1n) is 6.19. The zero-order valence-corrected chi connectivity index (χ0v) is 11.1. The molecule has 2 rings (SSSR count). The summed E-state index contributed by atoms with van der Waals surface area (Å²) < 4.78 is 5.27. The van der Waals surface area contributed by atoms with Gasteiger partial charge in [0, 0.05) is 19.2 Å². The lowest BCUT2D eigenvalue weighted by atomic mass is 10.1. The standard InChI is InChI=1S/C15H15NO4/c1-16(9-7-13(17)18)15(19)14-12(8-10-20-14)11-5-3-2-4-6-11/h2-6,8,10H,7,9H2,1H3,(H,17,18). The summed E-state index contributed by atoms with van der Waals surface area (Å²) in [5.74, 6) is -1.04. The van der Waals surface area contributed by atoms with Crippen LogP contribution in [0.4, 0.5) is 0 Å². The van der Waals surface area contributed by atoms with Crippen LogP contribution in [0.5, 0.6) is 0 Å². The second-order valence-corrected chi connectivity index (χ2v) is 4.40. The number of carboxylic acid groups (broad SMARTS) is 1. The smallest absolute Gasteiger partial charge is 0.305 e. The van der Waals surface area contributed by atoms with Gasteiger partial charge in [0.25, 0.3) is 5.91 Å². The molecule has 5 nitrogen and oxygen atoms in total. The van der Waals surface area contributed by atoms with Gasteiger partial charge in [0.15, 0.2) is 5.76 Å². The third-order valence-electron chi connectivity index (χ3n) is 2.95. The normalized spacial score (nSPS) is 10.2.